The maximum atomic E-state index is 4.29. The summed E-state index contributed by atoms with van der Waals surface area (Å²) in [5.41, 5.74) is 1.14. The van der Waals surface area contributed by atoms with E-state index >= 15 is 0 Å². The summed E-state index contributed by atoms with van der Waals surface area (Å²) in [6.07, 6.45) is 4.25. The highest BCUT2D eigenvalue weighted by atomic mass is 32.1. The molecule has 1 aromatic heterocycles. The fraction of sp³-hybridized carbons (Fsp3) is 0.545. The lowest BCUT2D eigenvalue weighted by atomic mass is 10.3. The summed E-state index contributed by atoms with van der Waals surface area (Å²) in [6, 6.07) is 6.05. The second-order valence-corrected chi connectivity index (χ2v) is 3.94. The van der Waals surface area contributed by atoms with Gasteiger partial charge in [-0.3, -0.25) is 4.98 Å². The third-order valence-corrected chi connectivity index (χ3v) is 2.42. The van der Waals surface area contributed by atoms with Gasteiger partial charge in [0.1, 0.15) is 0 Å². The van der Waals surface area contributed by atoms with Crippen molar-refractivity contribution in [2.75, 3.05) is 19.3 Å². The minimum absolute atomic E-state index is 0.938. The molecule has 0 saturated carbocycles. The van der Waals surface area contributed by atoms with Crippen molar-refractivity contribution in [3.63, 3.8) is 0 Å². The Morgan fingerprint density at radius 2 is 2.21 bits per heavy atom. The van der Waals surface area contributed by atoms with Gasteiger partial charge < -0.3 is 4.90 Å². The van der Waals surface area contributed by atoms with Gasteiger partial charge in [-0.1, -0.05) is 6.07 Å². The predicted octanol–water partition coefficient (Wildman–Crippen LogP) is 2.22. The van der Waals surface area contributed by atoms with Gasteiger partial charge in [0.2, 0.25) is 0 Å². The maximum Gasteiger partial charge on any atom is 0.0543 e. The number of unbranched alkanes of at least 4 members (excludes halogenated alkanes) is 1. The molecule has 0 unspecified atom stereocenters. The average Bonchev–Trinajstić information content (AvgIpc) is 2.20. The van der Waals surface area contributed by atoms with Crippen molar-refractivity contribution >= 4 is 12.6 Å². The molecule has 0 bridgehead atoms. The fourth-order valence-electron chi connectivity index (χ4n) is 1.34. The van der Waals surface area contributed by atoms with Gasteiger partial charge in [0, 0.05) is 12.7 Å². The molecule has 0 aliphatic carbocycles. The van der Waals surface area contributed by atoms with E-state index in [1.54, 1.807) is 0 Å². The van der Waals surface area contributed by atoms with Crippen molar-refractivity contribution in [2.24, 2.45) is 0 Å². The molecule has 14 heavy (non-hydrogen) atoms. The zero-order chi connectivity index (χ0) is 10.2. The standard InChI is InChI=1S/C11H18N2S/c1-13(8-4-5-9-14)10-11-6-2-3-7-12-11/h2-3,6-7,14H,4-5,8-10H2,1H3. The Balaban J connectivity index is 2.23. The summed E-state index contributed by atoms with van der Waals surface area (Å²) >= 11 is 4.19. The number of aromatic nitrogens is 1. The van der Waals surface area contributed by atoms with Crippen molar-refractivity contribution < 1.29 is 0 Å². The first-order valence-corrected chi connectivity index (χ1v) is 5.65. The summed E-state index contributed by atoms with van der Waals surface area (Å²) < 4.78 is 0. The lowest BCUT2D eigenvalue weighted by Gasteiger charge is -2.15. The summed E-state index contributed by atoms with van der Waals surface area (Å²) in [4.78, 5) is 6.59. The molecule has 3 heteroatoms. The summed E-state index contributed by atoms with van der Waals surface area (Å²) in [5.74, 6) is 0.984. The van der Waals surface area contributed by atoms with Crippen LogP contribution < -0.4 is 0 Å². The van der Waals surface area contributed by atoms with Crippen LogP contribution in [0.3, 0.4) is 0 Å². The van der Waals surface area contributed by atoms with E-state index in [4.69, 9.17) is 0 Å². The average molecular weight is 210 g/mol. The minimum atomic E-state index is 0.938. The van der Waals surface area contributed by atoms with Crippen molar-refractivity contribution in [2.45, 2.75) is 19.4 Å². The van der Waals surface area contributed by atoms with Gasteiger partial charge >= 0.3 is 0 Å². The van der Waals surface area contributed by atoms with Crippen LogP contribution in [0, 0.1) is 0 Å². The van der Waals surface area contributed by atoms with Crippen molar-refractivity contribution in [3.05, 3.63) is 30.1 Å². The molecular weight excluding hydrogens is 192 g/mol. The number of hydrogen-bond acceptors (Lipinski definition) is 3. The van der Waals surface area contributed by atoms with Crippen LogP contribution in [-0.2, 0) is 6.54 Å². The molecule has 0 spiro atoms. The van der Waals surface area contributed by atoms with E-state index in [0.29, 0.717) is 0 Å². The molecule has 0 fully saturated rings. The second-order valence-electron chi connectivity index (χ2n) is 3.49. The van der Waals surface area contributed by atoms with E-state index < -0.39 is 0 Å². The molecule has 1 rings (SSSR count). The topological polar surface area (TPSA) is 16.1 Å². The van der Waals surface area contributed by atoms with Gasteiger partial charge in [0.15, 0.2) is 0 Å². The van der Waals surface area contributed by atoms with Crippen LogP contribution in [0.25, 0.3) is 0 Å². The fourth-order valence-corrected chi connectivity index (χ4v) is 1.56. The van der Waals surface area contributed by atoms with Crippen molar-refractivity contribution in [1.29, 1.82) is 0 Å². The first-order valence-electron chi connectivity index (χ1n) is 5.02. The summed E-state index contributed by atoms with van der Waals surface area (Å²) in [7, 11) is 2.13. The molecular formula is C11H18N2S. The number of pyridine rings is 1. The van der Waals surface area contributed by atoms with Crippen molar-refractivity contribution in [1.82, 2.24) is 9.88 Å². The Labute approximate surface area is 91.8 Å². The molecule has 0 amide bonds. The molecule has 0 atom stereocenters. The third kappa shape index (κ3) is 4.63. The van der Waals surface area contributed by atoms with Crippen LogP contribution in [0.1, 0.15) is 18.5 Å². The minimum Gasteiger partial charge on any atom is -0.301 e. The molecule has 0 aliphatic rings. The predicted molar refractivity (Wildman–Crippen MR) is 63.7 cm³/mol. The molecule has 1 aromatic rings. The molecule has 78 valence electrons. The van der Waals surface area contributed by atoms with Gasteiger partial charge in [-0.2, -0.15) is 12.6 Å². The van der Waals surface area contributed by atoms with Crippen LogP contribution >= 0.6 is 12.6 Å². The van der Waals surface area contributed by atoms with Crippen LogP contribution in [0.15, 0.2) is 24.4 Å². The van der Waals surface area contributed by atoms with Gasteiger partial charge in [0.25, 0.3) is 0 Å². The number of rotatable bonds is 6. The zero-order valence-electron chi connectivity index (χ0n) is 8.69. The largest absolute Gasteiger partial charge is 0.301 e. The van der Waals surface area contributed by atoms with Gasteiger partial charge in [-0.25, -0.2) is 0 Å². The first kappa shape index (κ1) is 11.5. The van der Waals surface area contributed by atoms with Gasteiger partial charge in [-0.05, 0) is 44.3 Å². The Bertz CT molecular complexity index is 238. The van der Waals surface area contributed by atoms with E-state index in [0.717, 1.165) is 24.5 Å². The molecule has 0 aromatic carbocycles. The van der Waals surface area contributed by atoms with E-state index in [1.165, 1.54) is 12.8 Å². The monoisotopic (exact) mass is 210 g/mol. The normalized spacial score (nSPS) is 10.8. The molecule has 0 saturated heterocycles. The van der Waals surface area contributed by atoms with E-state index in [-0.39, 0.29) is 0 Å². The SMILES string of the molecule is CN(CCCCS)Cc1ccccn1. The Morgan fingerprint density at radius 1 is 1.36 bits per heavy atom. The molecule has 1 heterocycles. The van der Waals surface area contributed by atoms with E-state index in [2.05, 4.69) is 35.6 Å². The van der Waals surface area contributed by atoms with E-state index in [1.807, 2.05) is 18.3 Å². The Morgan fingerprint density at radius 3 is 2.86 bits per heavy atom. The van der Waals surface area contributed by atoms with E-state index in [9.17, 15) is 0 Å². The first-order chi connectivity index (χ1) is 6.83. The van der Waals surface area contributed by atoms with Gasteiger partial charge in [-0.15, -0.1) is 0 Å². The van der Waals surface area contributed by atoms with Crippen LogP contribution in [0.5, 0.6) is 0 Å². The number of nitrogens with zero attached hydrogens (tertiary/aromatic N) is 2. The number of hydrogen-bond donors (Lipinski definition) is 1. The van der Waals surface area contributed by atoms with Crippen LogP contribution in [0.2, 0.25) is 0 Å². The summed E-state index contributed by atoms with van der Waals surface area (Å²) in [6.45, 7) is 2.06. The molecule has 0 aliphatic heterocycles. The maximum absolute atomic E-state index is 4.29. The van der Waals surface area contributed by atoms with Gasteiger partial charge in [0.05, 0.1) is 5.69 Å². The molecule has 0 N–H and O–H groups in total. The van der Waals surface area contributed by atoms with Crippen LogP contribution in [-0.4, -0.2) is 29.2 Å². The highest BCUT2D eigenvalue weighted by Gasteiger charge is 1.99. The molecule has 2 nitrogen and oxygen atoms in total. The second kappa shape index (κ2) is 6.85. The zero-order valence-corrected chi connectivity index (χ0v) is 9.58. The quantitative estimate of drug-likeness (QED) is 0.572. The smallest absolute Gasteiger partial charge is 0.0543 e. The van der Waals surface area contributed by atoms with Crippen LogP contribution in [0.4, 0.5) is 0 Å². The number of thiol groups is 1. The lowest BCUT2D eigenvalue weighted by molar-refractivity contribution is 0.317. The summed E-state index contributed by atoms with van der Waals surface area (Å²) in [5, 5.41) is 0. The van der Waals surface area contributed by atoms with Crippen molar-refractivity contribution in [3.8, 4) is 0 Å². The Kier molecular flexibility index (Phi) is 5.64. The molecule has 0 radical (unpaired) electrons. The highest BCUT2D eigenvalue weighted by Crippen LogP contribution is 2.00. The lowest BCUT2D eigenvalue weighted by Crippen LogP contribution is -2.19. The highest BCUT2D eigenvalue weighted by molar-refractivity contribution is 7.80. The Hall–Kier alpha value is -0.540. The third-order valence-electron chi connectivity index (χ3n) is 2.11.